The number of rotatable bonds is 6. The summed E-state index contributed by atoms with van der Waals surface area (Å²) >= 11 is 6.38. The molecular weight excluding hydrogens is 248 g/mol. The first-order chi connectivity index (χ1) is 8.63. The van der Waals surface area contributed by atoms with Crippen molar-refractivity contribution in [1.82, 2.24) is 0 Å². The van der Waals surface area contributed by atoms with Crippen LogP contribution >= 0.6 is 11.6 Å². The van der Waals surface area contributed by atoms with Crippen molar-refractivity contribution in [1.29, 1.82) is 0 Å². The number of anilines is 1. The zero-order valence-corrected chi connectivity index (χ0v) is 11.8. The molecule has 0 saturated heterocycles. The van der Waals surface area contributed by atoms with Gasteiger partial charge in [0, 0.05) is 25.7 Å². The zero-order valence-electron chi connectivity index (χ0n) is 11.0. The van der Waals surface area contributed by atoms with Gasteiger partial charge in [-0.05, 0) is 37.5 Å². The smallest absolute Gasteiger partial charge is 0.0643 e. The number of hydrogen-bond acceptors (Lipinski definition) is 3. The Bertz CT molecular complexity index is 405. The summed E-state index contributed by atoms with van der Waals surface area (Å²) < 4.78 is 5.17. The summed E-state index contributed by atoms with van der Waals surface area (Å²) in [6, 6.07) is 6.76. The van der Waals surface area contributed by atoms with Crippen LogP contribution in [0.5, 0.6) is 0 Å². The number of nitrogens with zero attached hydrogens (tertiary/aromatic N) is 1. The Labute approximate surface area is 114 Å². The van der Waals surface area contributed by atoms with E-state index in [2.05, 4.69) is 17.0 Å². The van der Waals surface area contributed by atoms with E-state index < -0.39 is 0 Å². The van der Waals surface area contributed by atoms with E-state index in [4.69, 9.17) is 22.1 Å². The zero-order chi connectivity index (χ0) is 13.1. The molecule has 0 aliphatic heterocycles. The Hall–Kier alpha value is -0.770. The number of hydrogen-bond donors (Lipinski definition) is 1. The highest BCUT2D eigenvalue weighted by Gasteiger charge is 2.30. The minimum Gasteiger partial charge on any atom is -0.383 e. The van der Waals surface area contributed by atoms with E-state index in [1.807, 2.05) is 13.0 Å². The molecule has 100 valence electrons. The molecule has 3 nitrogen and oxygen atoms in total. The monoisotopic (exact) mass is 268 g/mol. The summed E-state index contributed by atoms with van der Waals surface area (Å²) in [7, 11) is 1.73. The Morgan fingerprint density at radius 1 is 1.50 bits per heavy atom. The summed E-state index contributed by atoms with van der Waals surface area (Å²) in [6.07, 6.45) is 2.49. The van der Waals surface area contributed by atoms with Gasteiger partial charge in [0.2, 0.25) is 0 Å². The molecule has 1 aromatic rings. The van der Waals surface area contributed by atoms with E-state index in [0.717, 1.165) is 29.4 Å². The maximum Gasteiger partial charge on any atom is 0.0643 e. The topological polar surface area (TPSA) is 38.5 Å². The lowest BCUT2D eigenvalue weighted by Gasteiger charge is -2.26. The molecular formula is C14H21ClN2O. The first-order valence-electron chi connectivity index (χ1n) is 6.44. The third-order valence-corrected chi connectivity index (χ3v) is 3.63. The number of ether oxygens (including phenoxy) is 1. The van der Waals surface area contributed by atoms with Gasteiger partial charge in [-0.1, -0.05) is 17.7 Å². The molecule has 0 aromatic heterocycles. The van der Waals surface area contributed by atoms with Crippen LogP contribution in [0, 0.1) is 0 Å². The molecule has 0 unspecified atom stereocenters. The van der Waals surface area contributed by atoms with Crippen LogP contribution in [0.2, 0.25) is 5.02 Å². The number of methoxy groups -OCH3 is 1. The number of benzene rings is 1. The van der Waals surface area contributed by atoms with Crippen LogP contribution in [0.1, 0.15) is 31.4 Å². The van der Waals surface area contributed by atoms with Crippen molar-refractivity contribution in [3.63, 3.8) is 0 Å². The fourth-order valence-corrected chi connectivity index (χ4v) is 2.41. The van der Waals surface area contributed by atoms with E-state index in [-0.39, 0.29) is 6.04 Å². The Morgan fingerprint density at radius 3 is 2.72 bits per heavy atom. The second-order valence-electron chi connectivity index (χ2n) is 4.92. The van der Waals surface area contributed by atoms with Crippen molar-refractivity contribution in [3.8, 4) is 0 Å². The quantitative estimate of drug-likeness (QED) is 0.862. The summed E-state index contributed by atoms with van der Waals surface area (Å²) in [4.78, 5) is 2.34. The molecule has 1 saturated carbocycles. The molecule has 1 aromatic carbocycles. The molecule has 18 heavy (non-hydrogen) atoms. The predicted octanol–water partition coefficient (Wildman–Crippen LogP) is 2.97. The van der Waals surface area contributed by atoms with Crippen LogP contribution in [-0.2, 0) is 4.74 Å². The summed E-state index contributed by atoms with van der Waals surface area (Å²) in [5.41, 5.74) is 8.04. The maximum absolute atomic E-state index is 6.38. The first kappa shape index (κ1) is 13.7. The molecule has 0 bridgehead atoms. The van der Waals surface area contributed by atoms with Gasteiger partial charge < -0.3 is 15.4 Å². The molecule has 1 aliphatic rings. The van der Waals surface area contributed by atoms with Gasteiger partial charge in [0.1, 0.15) is 0 Å². The molecule has 4 heteroatoms. The van der Waals surface area contributed by atoms with Gasteiger partial charge in [-0.3, -0.25) is 0 Å². The Balaban J connectivity index is 2.19. The molecule has 1 fully saturated rings. The van der Waals surface area contributed by atoms with E-state index in [0.29, 0.717) is 6.04 Å². The lowest BCUT2D eigenvalue weighted by Crippen LogP contribution is -2.29. The summed E-state index contributed by atoms with van der Waals surface area (Å²) in [5, 5.41) is 0.785. The van der Waals surface area contributed by atoms with Gasteiger partial charge in [0.05, 0.1) is 17.3 Å². The maximum atomic E-state index is 6.38. The molecule has 1 aliphatic carbocycles. The van der Waals surface area contributed by atoms with Gasteiger partial charge in [0.15, 0.2) is 0 Å². The van der Waals surface area contributed by atoms with Crippen molar-refractivity contribution in [2.24, 2.45) is 5.73 Å². The first-order valence-corrected chi connectivity index (χ1v) is 6.82. The van der Waals surface area contributed by atoms with Crippen LogP contribution in [0.3, 0.4) is 0 Å². The standard InChI is InChI=1S/C14H21ClN2O/c1-10(16)11-3-6-14(13(15)9-11)17(7-8-18-2)12-4-5-12/h3,6,9-10,12H,4-5,7-8,16H2,1-2H3/t10-/m0/s1. The Morgan fingerprint density at radius 2 is 2.22 bits per heavy atom. The van der Waals surface area contributed by atoms with E-state index in [1.54, 1.807) is 7.11 Å². The predicted molar refractivity (Wildman–Crippen MR) is 76.3 cm³/mol. The highest BCUT2D eigenvalue weighted by Crippen LogP contribution is 2.36. The molecule has 0 radical (unpaired) electrons. The molecule has 2 rings (SSSR count). The van der Waals surface area contributed by atoms with Crippen molar-refractivity contribution in [2.75, 3.05) is 25.2 Å². The highest BCUT2D eigenvalue weighted by molar-refractivity contribution is 6.33. The SMILES string of the molecule is COCCN(c1ccc([C@H](C)N)cc1Cl)C1CC1. The lowest BCUT2D eigenvalue weighted by molar-refractivity contribution is 0.205. The van der Waals surface area contributed by atoms with Crippen molar-refractivity contribution in [3.05, 3.63) is 28.8 Å². The van der Waals surface area contributed by atoms with Crippen molar-refractivity contribution >= 4 is 17.3 Å². The van der Waals surface area contributed by atoms with Crippen LogP contribution in [0.15, 0.2) is 18.2 Å². The third-order valence-electron chi connectivity index (χ3n) is 3.33. The van der Waals surface area contributed by atoms with Gasteiger partial charge >= 0.3 is 0 Å². The van der Waals surface area contributed by atoms with E-state index in [9.17, 15) is 0 Å². The van der Waals surface area contributed by atoms with Crippen LogP contribution < -0.4 is 10.6 Å². The van der Waals surface area contributed by atoms with Crippen LogP contribution in [-0.4, -0.2) is 26.3 Å². The van der Waals surface area contributed by atoms with Crippen molar-refractivity contribution in [2.45, 2.75) is 31.8 Å². The second-order valence-corrected chi connectivity index (χ2v) is 5.32. The second kappa shape index (κ2) is 5.91. The van der Waals surface area contributed by atoms with Crippen LogP contribution in [0.25, 0.3) is 0 Å². The van der Waals surface area contributed by atoms with Gasteiger partial charge in [-0.2, -0.15) is 0 Å². The summed E-state index contributed by atoms with van der Waals surface area (Å²) in [6.45, 7) is 3.58. The van der Waals surface area contributed by atoms with Gasteiger partial charge in [0.25, 0.3) is 0 Å². The normalized spacial score (nSPS) is 16.7. The lowest BCUT2D eigenvalue weighted by atomic mass is 10.1. The third kappa shape index (κ3) is 3.16. The fourth-order valence-electron chi connectivity index (χ4n) is 2.11. The molecule has 0 amide bonds. The van der Waals surface area contributed by atoms with E-state index in [1.165, 1.54) is 12.8 Å². The molecule has 0 heterocycles. The minimum atomic E-state index is 0.0184. The minimum absolute atomic E-state index is 0.0184. The average Bonchev–Trinajstić information content (AvgIpc) is 3.15. The van der Waals surface area contributed by atoms with E-state index >= 15 is 0 Å². The van der Waals surface area contributed by atoms with Gasteiger partial charge in [-0.15, -0.1) is 0 Å². The van der Waals surface area contributed by atoms with Crippen LogP contribution in [0.4, 0.5) is 5.69 Å². The molecule has 1 atom stereocenters. The number of halogens is 1. The largest absolute Gasteiger partial charge is 0.383 e. The molecule has 0 spiro atoms. The Kier molecular flexibility index (Phi) is 4.49. The molecule has 2 N–H and O–H groups in total. The van der Waals surface area contributed by atoms with Crippen molar-refractivity contribution < 1.29 is 4.74 Å². The fraction of sp³-hybridized carbons (Fsp3) is 0.571. The highest BCUT2D eigenvalue weighted by atomic mass is 35.5. The average molecular weight is 269 g/mol. The number of nitrogens with two attached hydrogens (primary N) is 1. The summed E-state index contributed by atoms with van der Waals surface area (Å²) in [5.74, 6) is 0. The van der Waals surface area contributed by atoms with Gasteiger partial charge in [-0.25, -0.2) is 0 Å².